The summed E-state index contributed by atoms with van der Waals surface area (Å²) in [5.74, 6) is 0. The summed E-state index contributed by atoms with van der Waals surface area (Å²) in [6.07, 6.45) is 0. The van der Waals surface area contributed by atoms with E-state index in [9.17, 15) is 0 Å². The normalized spacial score (nSPS) is 0. The molecule has 0 aromatic heterocycles. The first kappa shape index (κ1) is 175000. The van der Waals surface area contributed by atoms with Gasteiger partial charge in [-0.3, -0.25) is 0 Å². The SMILES string of the molecule is O.O.O.O.O.O.O.O.O.[NH4+].[NH4+].[S-2]. The molecule has 0 rings (SSSR count). The van der Waals surface area contributed by atoms with Gasteiger partial charge in [0.1, 0.15) is 0 Å². The van der Waals surface area contributed by atoms with E-state index in [0.717, 1.165) is 0 Å². The van der Waals surface area contributed by atoms with Crippen molar-refractivity contribution in [1.82, 2.24) is 12.3 Å². The van der Waals surface area contributed by atoms with Gasteiger partial charge in [0.05, 0.1) is 0 Å². The van der Waals surface area contributed by atoms with E-state index in [1.165, 1.54) is 0 Å². The topological polar surface area (TPSA) is 356 Å². The lowest BCUT2D eigenvalue weighted by atomic mass is 14.0. The fourth-order valence-corrected chi connectivity index (χ4v) is 0. The maximum Gasteiger partial charge on any atom is -0.369 e. The van der Waals surface area contributed by atoms with Gasteiger partial charge in [0, 0.05) is 0 Å². The average molecular weight is 230 g/mol. The van der Waals surface area contributed by atoms with Crippen LogP contribution in [0.3, 0.4) is 0 Å². The smallest absolute Gasteiger partial charge is 0.369 e. The van der Waals surface area contributed by atoms with Gasteiger partial charge in [-0.15, -0.1) is 0 Å². The van der Waals surface area contributed by atoms with Crippen molar-refractivity contribution in [1.29, 1.82) is 0 Å². The summed E-state index contributed by atoms with van der Waals surface area (Å²) in [6.45, 7) is 0. The molecule has 0 saturated heterocycles. The van der Waals surface area contributed by atoms with Crippen LogP contribution in [0, 0.1) is 0 Å². The van der Waals surface area contributed by atoms with Crippen LogP contribution in [0.4, 0.5) is 0 Å². The molecular formula is H26N2O9S. The molecule has 0 amide bonds. The van der Waals surface area contributed by atoms with Crippen LogP contribution in [-0.4, -0.2) is 49.3 Å². The first-order valence-electron chi connectivity index (χ1n) is 0. The summed E-state index contributed by atoms with van der Waals surface area (Å²) in [7, 11) is 0. The lowest BCUT2D eigenvalue weighted by molar-refractivity contribution is 0.823. The van der Waals surface area contributed by atoms with E-state index >= 15 is 0 Å². The van der Waals surface area contributed by atoms with Crippen molar-refractivity contribution in [3.05, 3.63) is 0 Å². The van der Waals surface area contributed by atoms with Crippen molar-refractivity contribution in [2.24, 2.45) is 0 Å². The molecule has 96 valence electrons. The van der Waals surface area contributed by atoms with Crippen molar-refractivity contribution < 1.29 is 49.3 Å². The van der Waals surface area contributed by atoms with E-state index in [0.29, 0.717) is 0 Å². The Bertz CT molecular complexity index is 12.5. The van der Waals surface area contributed by atoms with E-state index < -0.39 is 0 Å². The minimum Gasteiger partial charge on any atom is -2.00 e. The highest BCUT2D eigenvalue weighted by atomic mass is 32.1. The Morgan fingerprint density at radius 1 is 0.250 bits per heavy atom. The highest BCUT2D eigenvalue weighted by molar-refractivity contribution is 7.37. The minimum absolute atomic E-state index is 0. The summed E-state index contributed by atoms with van der Waals surface area (Å²) >= 11 is 0. The average Bonchev–Trinajstić information content (AvgIpc) is 0. The second kappa shape index (κ2) is 132000. The summed E-state index contributed by atoms with van der Waals surface area (Å²) in [6, 6.07) is 0. The largest absolute Gasteiger partial charge is 2.00 e. The molecule has 0 unspecified atom stereocenters. The minimum atomic E-state index is 0. The molecule has 12 heavy (non-hydrogen) atoms. The molecule has 0 heterocycles. The molecule has 11 nitrogen and oxygen atoms in total. The van der Waals surface area contributed by atoms with Crippen LogP contribution in [0.2, 0.25) is 0 Å². The molecule has 0 radical (unpaired) electrons. The van der Waals surface area contributed by atoms with Gasteiger partial charge < -0.3 is 75.1 Å². The van der Waals surface area contributed by atoms with E-state index in [1.807, 2.05) is 0 Å². The molecule has 12 heteroatoms. The highest BCUT2D eigenvalue weighted by Crippen LogP contribution is -0.00236. The molecule has 0 fully saturated rings. The molecule has 26 N–H and O–H groups in total. The lowest BCUT2D eigenvalue weighted by Gasteiger charge is -2.00. The highest BCUT2D eigenvalue weighted by Gasteiger charge is -0.367. The van der Waals surface area contributed by atoms with Gasteiger partial charge in [0.15, 0.2) is 0 Å². The zero-order valence-electron chi connectivity index (χ0n) is 6.91. The predicted octanol–water partition coefficient (Wildman–Crippen LogP) is -6.67. The van der Waals surface area contributed by atoms with Gasteiger partial charge >= 0.3 is 0 Å². The Hall–Kier alpha value is -0.0900. The van der Waals surface area contributed by atoms with Crippen LogP contribution in [0.15, 0.2) is 0 Å². The van der Waals surface area contributed by atoms with E-state index in [2.05, 4.69) is 0 Å². The third-order valence-corrected chi connectivity index (χ3v) is 0. The maximum absolute atomic E-state index is 0. The zero-order valence-corrected chi connectivity index (χ0v) is 7.72. The molecule has 0 spiro atoms. The third kappa shape index (κ3) is 97100. The standard InChI is InChI=1S/2H3N.9H2O.S/h2*1H3;9*1H2;/q;;;;;;;;;;;-2/p+2. The molecule has 0 bridgehead atoms. The molecule has 0 aromatic carbocycles. The van der Waals surface area contributed by atoms with Crippen LogP contribution in [0.1, 0.15) is 0 Å². The molecule has 0 aliphatic rings. The number of hydrogen-bond donors (Lipinski definition) is 2. The summed E-state index contributed by atoms with van der Waals surface area (Å²) in [5, 5.41) is 0. The first-order chi connectivity index (χ1) is 0. The summed E-state index contributed by atoms with van der Waals surface area (Å²) in [5.41, 5.74) is 0. The molecule has 0 saturated carbocycles. The second-order valence-electron chi connectivity index (χ2n) is 0. The van der Waals surface area contributed by atoms with Gasteiger partial charge in [-0.2, -0.15) is 0 Å². The number of rotatable bonds is 0. The zero-order chi connectivity index (χ0) is 0. The van der Waals surface area contributed by atoms with Gasteiger partial charge in [0.2, 0.25) is 0 Å². The van der Waals surface area contributed by atoms with E-state index in [-0.39, 0.29) is 75.1 Å². The fraction of sp³-hybridized carbons (Fsp3) is 0. The van der Waals surface area contributed by atoms with Gasteiger partial charge in [0.25, 0.3) is 0 Å². The second-order valence-corrected chi connectivity index (χ2v) is 0. The van der Waals surface area contributed by atoms with Crippen LogP contribution in [0.5, 0.6) is 0 Å². The van der Waals surface area contributed by atoms with Crippen molar-refractivity contribution >= 4 is 13.5 Å². The van der Waals surface area contributed by atoms with E-state index in [1.54, 1.807) is 0 Å². The first-order valence-corrected chi connectivity index (χ1v) is 0. The number of quaternary nitrogens is 2. The van der Waals surface area contributed by atoms with E-state index in [4.69, 9.17) is 0 Å². The maximum atomic E-state index is 0. The molecular weight excluding hydrogens is 204 g/mol. The van der Waals surface area contributed by atoms with Crippen LogP contribution >= 0.6 is 0 Å². The van der Waals surface area contributed by atoms with Gasteiger partial charge in [-0.05, 0) is 0 Å². The Morgan fingerprint density at radius 2 is 0.250 bits per heavy atom. The van der Waals surface area contributed by atoms with Crippen molar-refractivity contribution in [2.75, 3.05) is 0 Å². The Balaban J connectivity index is 0. The van der Waals surface area contributed by atoms with Crippen molar-refractivity contribution in [3.63, 3.8) is 0 Å². The monoisotopic (exact) mass is 230 g/mol. The van der Waals surface area contributed by atoms with Crippen molar-refractivity contribution in [2.45, 2.75) is 0 Å². The van der Waals surface area contributed by atoms with Crippen LogP contribution in [-0.2, 0) is 13.5 Å². The molecule has 0 atom stereocenters. The molecule has 0 aliphatic carbocycles. The fourth-order valence-electron chi connectivity index (χ4n) is 0. The molecule has 0 aliphatic heterocycles. The van der Waals surface area contributed by atoms with Crippen molar-refractivity contribution in [3.8, 4) is 0 Å². The molecule has 0 aromatic rings. The Morgan fingerprint density at radius 3 is 0.250 bits per heavy atom. The Kier molecular flexibility index (Phi) is 1930000000. The van der Waals surface area contributed by atoms with Crippen LogP contribution < -0.4 is 12.3 Å². The van der Waals surface area contributed by atoms with Gasteiger partial charge in [-0.25, -0.2) is 0 Å². The third-order valence-electron chi connectivity index (χ3n) is 0. The van der Waals surface area contributed by atoms with Gasteiger partial charge in [-0.1, -0.05) is 0 Å². The lowest BCUT2D eigenvalue weighted by Crippen LogP contribution is -0.482. The van der Waals surface area contributed by atoms with Crippen LogP contribution in [0.25, 0.3) is 0 Å². The predicted molar refractivity (Wildman–Crippen MR) is 51.9 cm³/mol. The number of hydrogen-bond acceptors (Lipinski definition) is 0. The summed E-state index contributed by atoms with van der Waals surface area (Å²) < 4.78 is 0. The Labute approximate surface area is 76.2 Å². The summed E-state index contributed by atoms with van der Waals surface area (Å²) in [4.78, 5) is 0. The quantitative estimate of drug-likeness (QED) is 0.391.